The molecule has 17 heavy (non-hydrogen) atoms. The lowest BCUT2D eigenvalue weighted by Crippen LogP contribution is -2.11. The molecule has 0 aliphatic rings. The molecule has 90 valence electrons. The molecule has 4 nitrogen and oxygen atoms in total. The van der Waals surface area contributed by atoms with Gasteiger partial charge in [-0.2, -0.15) is 0 Å². The van der Waals surface area contributed by atoms with Crippen molar-refractivity contribution in [3.05, 3.63) is 34.8 Å². The maximum atomic E-state index is 4.61. The zero-order valence-corrected chi connectivity index (χ0v) is 11.1. The van der Waals surface area contributed by atoms with Crippen LogP contribution in [0.4, 0.5) is 5.69 Å². The molecule has 0 fully saturated rings. The molecule has 0 atom stereocenters. The van der Waals surface area contributed by atoms with Crippen molar-refractivity contribution in [3.8, 4) is 0 Å². The first-order chi connectivity index (χ1) is 8.05. The van der Waals surface area contributed by atoms with Gasteiger partial charge in [0, 0.05) is 10.8 Å². The minimum atomic E-state index is 0.124. The van der Waals surface area contributed by atoms with Gasteiger partial charge < -0.3 is 5.32 Å². The maximum Gasteiger partial charge on any atom is 0.115 e. The van der Waals surface area contributed by atoms with Gasteiger partial charge in [0.2, 0.25) is 0 Å². The molecule has 0 bridgehead atoms. The Labute approximate surface area is 105 Å². The van der Waals surface area contributed by atoms with Crippen LogP contribution in [-0.2, 0) is 12.0 Å². The average Bonchev–Trinajstić information content (AvgIpc) is 2.76. The molecule has 0 aliphatic heterocycles. The zero-order valence-electron chi connectivity index (χ0n) is 10.3. The largest absolute Gasteiger partial charge is 0.377 e. The van der Waals surface area contributed by atoms with E-state index in [1.165, 1.54) is 11.3 Å². The van der Waals surface area contributed by atoms with Crippen LogP contribution in [0.2, 0.25) is 0 Å². The molecule has 0 spiro atoms. The van der Waals surface area contributed by atoms with Crippen LogP contribution in [0.3, 0.4) is 0 Å². The second-order valence-electron chi connectivity index (χ2n) is 4.87. The number of nitrogens with zero attached hydrogens (tertiary/aromatic N) is 3. The van der Waals surface area contributed by atoms with Gasteiger partial charge in [-0.25, -0.2) is 15.0 Å². The van der Waals surface area contributed by atoms with Crippen LogP contribution in [0.15, 0.2) is 24.1 Å². The summed E-state index contributed by atoms with van der Waals surface area (Å²) < 4.78 is 0. The molecular weight excluding hydrogens is 232 g/mol. The summed E-state index contributed by atoms with van der Waals surface area (Å²) >= 11 is 1.71. The Morgan fingerprint density at radius 1 is 1.24 bits per heavy atom. The average molecular weight is 248 g/mol. The topological polar surface area (TPSA) is 50.7 Å². The third-order valence-corrected chi connectivity index (χ3v) is 3.54. The second-order valence-corrected chi connectivity index (χ2v) is 5.73. The van der Waals surface area contributed by atoms with Crippen LogP contribution in [0.1, 0.15) is 31.5 Å². The molecule has 1 N–H and O–H groups in total. The Morgan fingerprint density at radius 2 is 1.94 bits per heavy atom. The normalized spacial score (nSPS) is 11.5. The highest BCUT2D eigenvalue weighted by molar-refractivity contribution is 7.09. The van der Waals surface area contributed by atoms with E-state index in [-0.39, 0.29) is 5.41 Å². The molecule has 0 unspecified atom stereocenters. The summed E-state index contributed by atoms with van der Waals surface area (Å²) in [6.07, 6.45) is 5.03. The van der Waals surface area contributed by atoms with E-state index >= 15 is 0 Å². The summed E-state index contributed by atoms with van der Waals surface area (Å²) in [5.74, 6) is 0. The van der Waals surface area contributed by atoms with E-state index in [2.05, 4.69) is 46.4 Å². The van der Waals surface area contributed by atoms with Gasteiger partial charge in [0.1, 0.15) is 6.33 Å². The number of rotatable bonds is 3. The third kappa shape index (κ3) is 3.23. The molecule has 0 amide bonds. The molecule has 2 aromatic heterocycles. The van der Waals surface area contributed by atoms with E-state index in [0.717, 1.165) is 11.4 Å². The van der Waals surface area contributed by atoms with Gasteiger partial charge in [-0.15, -0.1) is 11.3 Å². The summed E-state index contributed by atoms with van der Waals surface area (Å²) in [5, 5.41) is 6.50. The fraction of sp³-hybridized carbons (Fsp3) is 0.417. The van der Waals surface area contributed by atoms with Crippen molar-refractivity contribution in [1.82, 2.24) is 15.0 Å². The van der Waals surface area contributed by atoms with Gasteiger partial charge in [0.25, 0.3) is 0 Å². The van der Waals surface area contributed by atoms with E-state index in [0.29, 0.717) is 6.54 Å². The predicted octanol–water partition coefficient (Wildman–Crippen LogP) is 2.84. The van der Waals surface area contributed by atoms with Crippen molar-refractivity contribution < 1.29 is 0 Å². The van der Waals surface area contributed by atoms with Crippen LogP contribution in [0.25, 0.3) is 0 Å². The summed E-state index contributed by atoms with van der Waals surface area (Å²) in [7, 11) is 0. The fourth-order valence-electron chi connectivity index (χ4n) is 1.32. The van der Waals surface area contributed by atoms with Crippen molar-refractivity contribution in [2.24, 2.45) is 0 Å². The minimum absolute atomic E-state index is 0.124. The number of nitrogens with one attached hydrogen (secondary N) is 1. The summed E-state index contributed by atoms with van der Waals surface area (Å²) in [6, 6.07) is 0. The molecule has 2 aromatic rings. The van der Waals surface area contributed by atoms with Crippen molar-refractivity contribution in [3.63, 3.8) is 0 Å². The van der Waals surface area contributed by atoms with E-state index in [9.17, 15) is 0 Å². The molecular formula is C12H16N4S. The zero-order chi connectivity index (χ0) is 12.3. The highest BCUT2D eigenvalue weighted by Crippen LogP contribution is 2.25. The smallest absolute Gasteiger partial charge is 0.115 e. The Balaban J connectivity index is 1.99. The summed E-state index contributed by atoms with van der Waals surface area (Å²) in [6.45, 7) is 7.23. The summed E-state index contributed by atoms with van der Waals surface area (Å²) in [5.41, 5.74) is 2.10. The number of aromatic nitrogens is 3. The van der Waals surface area contributed by atoms with E-state index in [1.807, 2.05) is 0 Å². The lowest BCUT2D eigenvalue weighted by Gasteiger charge is -2.13. The van der Waals surface area contributed by atoms with Crippen molar-refractivity contribution in [1.29, 1.82) is 0 Å². The Kier molecular flexibility index (Phi) is 3.38. The number of hydrogen-bond donors (Lipinski definition) is 1. The first-order valence-electron chi connectivity index (χ1n) is 5.49. The lowest BCUT2D eigenvalue weighted by molar-refractivity contribution is 0.583. The number of anilines is 1. The van der Waals surface area contributed by atoms with Crippen LogP contribution in [0.5, 0.6) is 0 Å². The van der Waals surface area contributed by atoms with Crippen molar-refractivity contribution in [2.45, 2.75) is 32.7 Å². The Hall–Kier alpha value is -1.49. The molecule has 0 aliphatic carbocycles. The second kappa shape index (κ2) is 4.79. The highest BCUT2D eigenvalue weighted by Gasteiger charge is 2.17. The van der Waals surface area contributed by atoms with Crippen molar-refractivity contribution in [2.75, 3.05) is 5.32 Å². The van der Waals surface area contributed by atoms with Gasteiger partial charge in [-0.05, 0) is 0 Å². The molecule has 2 rings (SSSR count). The van der Waals surface area contributed by atoms with Crippen LogP contribution in [0, 0.1) is 0 Å². The van der Waals surface area contributed by atoms with Gasteiger partial charge in [0.05, 0.1) is 35.3 Å². The van der Waals surface area contributed by atoms with Gasteiger partial charge in [-0.3, -0.25) is 0 Å². The quantitative estimate of drug-likeness (QED) is 0.907. The SMILES string of the molecule is CC(C)(C)c1nc(CNc2cncnc2)cs1. The first-order valence-corrected chi connectivity index (χ1v) is 6.37. The minimum Gasteiger partial charge on any atom is -0.377 e. The molecule has 0 saturated heterocycles. The van der Waals surface area contributed by atoms with Gasteiger partial charge in [0.15, 0.2) is 0 Å². The fourth-order valence-corrected chi connectivity index (χ4v) is 2.22. The molecule has 0 aromatic carbocycles. The molecule has 0 saturated carbocycles. The number of thiazole rings is 1. The van der Waals surface area contributed by atoms with Gasteiger partial charge >= 0.3 is 0 Å². The van der Waals surface area contributed by atoms with E-state index in [1.54, 1.807) is 23.7 Å². The highest BCUT2D eigenvalue weighted by atomic mass is 32.1. The lowest BCUT2D eigenvalue weighted by atomic mass is 9.98. The standard InChI is InChI=1S/C12H16N4S/c1-12(2,3)11-16-10(7-17-11)6-15-9-4-13-8-14-5-9/h4-5,7-8,15H,6H2,1-3H3. The van der Waals surface area contributed by atoms with Crippen molar-refractivity contribution >= 4 is 17.0 Å². The monoisotopic (exact) mass is 248 g/mol. The Bertz CT molecular complexity index is 473. The number of hydrogen-bond acceptors (Lipinski definition) is 5. The first kappa shape index (κ1) is 12.0. The van der Waals surface area contributed by atoms with Crippen LogP contribution >= 0.6 is 11.3 Å². The van der Waals surface area contributed by atoms with Crippen LogP contribution < -0.4 is 5.32 Å². The third-order valence-electron chi connectivity index (χ3n) is 2.23. The molecule has 5 heteroatoms. The molecule has 0 radical (unpaired) electrons. The summed E-state index contributed by atoms with van der Waals surface area (Å²) in [4.78, 5) is 12.5. The van der Waals surface area contributed by atoms with Gasteiger partial charge in [-0.1, -0.05) is 20.8 Å². The molecule has 2 heterocycles. The van der Waals surface area contributed by atoms with E-state index < -0.39 is 0 Å². The predicted molar refractivity (Wildman–Crippen MR) is 70.2 cm³/mol. The Morgan fingerprint density at radius 3 is 2.53 bits per heavy atom. The van der Waals surface area contributed by atoms with E-state index in [4.69, 9.17) is 0 Å². The maximum absolute atomic E-state index is 4.61. The van der Waals surface area contributed by atoms with Crippen LogP contribution in [-0.4, -0.2) is 15.0 Å².